The molecular formula is C23H29NO4S2. The monoisotopic (exact) mass is 447 g/mol. The zero-order valence-corrected chi connectivity index (χ0v) is 19.5. The Kier molecular flexibility index (Phi) is 9.59. The fraction of sp³-hybridized carbons (Fsp3) is 0.391. The van der Waals surface area contributed by atoms with E-state index in [1.54, 1.807) is 49.3 Å². The average Bonchev–Trinajstić information content (AvgIpc) is 2.68. The number of carbonyl (C=O) groups is 2. The summed E-state index contributed by atoms with van der Waals surface area (Å²) in [5.74, 6) is 0.457. The van der Waals surface area contributed by atoms with Gasteiger partial charge in [-0.3, -0.25) is 0 Å². The van der Waals surface area contributed by atoms with Crippen LogP contribution in [0.15, 0.2) is 59.5 Å². The van der Waals surface area contributed by atoms with Crippen molar-refractivity contribution in [2.75, 3.05) is 6.61 Å². The van der Waals surface area contributed by atoms with Gasteiger partial charge in [0.25, 0.3) is 0 Å². The van der Waals surface area contributed by atoms with Gasteiger partial charge in [0.15, 0.2) is 0 Å². The molecule has 162 valence electrons. The second-order valence-corrected chi connectivity index (χ2v) is 10.00. The Bertz CT molecular complexity index is 804. The molecule has 1 amide bonds. The van der Waals surface area contributed by atoms with Crippen LogP contribution in [0.5, 0.6) is 0 Å². The summed E-state index contributed by atoms with van der Waals surface area (Å²) in [6.45, 7) is 7.32. The van der Waals surface area contributed by atoms with Gasteiger partial charge in [-0.25, -0.2) is 9.59 Å². The van der Waals surface area contributed by atoms with Crippen LogP contribution >= 0.6 is 21.6 Å². The summed E-state index contributed by atoms with van der Waals surface area (Å²) in [6.07, 6.45) is -0.301. The maximum atomic E-state index is 12.3. The molecule has 0 fully saturated rings. The molecule has 0 saturated heterocycles. The quantitative estimate of drug-likeness (QED) is 0.397. The first-order valence-corrected chi connectivity index (χ1v) is 12.2. The topological polar surface area (TPSA) is 64.6 Å². The molecule has 1 N–H and O–H groups in total. The van der Waals surface area contributed by atoms with Gasteiger partial charge in [-0.05, 0) is 51.0 Å². The van der Waals surface area contributed by atoms with Gasteiger partial charge in [-0.1, -0.05) is 64.1 Å². The molecule has 0 bridgehead atoms. The fourth-order valence-corrected chi connectivity index (χ4v) is 4.64. The second kappa shape index (κ2) is 11.9. The van der Waals surface area contributed by atoms with Gasteiger partial charge in [0, 0.05) is 17.1 Å². The van der Waals surface area contributed by atoms with Crippen molar-refractivity contribution >= 4 is 33.7 Å². The maximum Gasteiger partial charge on any atom is 0.408 e. The molecule has 2 rings (SSSR count). The van der Waals surface area contributed by atoms with Gasteiger partial charge >= 0.3 is 12.1 Å². The van der Waals surface area contributed by atoms with E-state index < -0.39 is 23.7 Å². The Labute approximate surface area is 186 Å². The molecule has 0 heterocycles. The first-order chi connectivity index (χ1) is 14.3. The van der Waals surface area contributed by atoms with E-state index in [0.29, 0.717) is 6.42 Å². The number of benzene rings is 2. The average molecular weight is 448 g/mol. The fourth-order valence-electron chi connectivity index (χ4n) is 2.54. The molecule has 0 radical (unpaired) electrons. The number of carbonyl (C=O) groups excluding carboxylic acids is 2. The molecule has 0 unspecified atom stereocenters. The van der Waals surface area contributed by atoms with E-state index in [1.165, 1.54) is 5.56 Å². The zero-order chi connectivity index (χ0) is 22.0. The summed E-state index contributed by atoms with van der Waals surface area (Å²) >= 11 is 0. The summed E-state index contributed by atoms with van der Waals surface area (Å²) in [5, 5.41) is 2.63. The van der Waals surface area contributed by atoms with E-state index >= 15 is 0 Å². The summed E-state index contributed by atoms with van der Waals surface area (Å²) in [6, 6.07) is 17.5. The van der Waals surface area contributed by atoms with Crippen molar-refractivity contribution in [2.45, 2.75) is 56.4 Å². The molecule has 0 aliphatic carbocycles. The van der Waals surface area contributed by atoms with E-state index in [9.17, 15) is 9.59 Å². The van der Waals surface area contributed by atoms with Gasteiger partial charge < -0.3 is 14.8 Å². The van der Waals surface area contributed by atoms with Crippen LogP contribution < -0.4 is 5.32 Å². The number of alkyl carbamates (subject to hydrolysis) is 1. The van der Waals surface area contributed by atoms with Crippen molar-refractivity contribution in [1.29, 1.82) is 0 Å². The smallest absolute Gasteiger partial charge is 0.408 e. The standard InChI is InChI=1S/C23H29NO4S2/c1-5-27-21(25)20(24-22(26)28-23(2,3)4)15-17-11-13-19(14-12-17)30-29-16-18-9-7-6-8-10-18/h6-14,20H,5,15-16H2,1-4H3,(H,24,26)/t20-/m0/s1. The molecule has 0 spiro atoms. The first-order valence-electron chi connectivity index (χ1n) is 9.85. The zero-order valence-electron chi connectivity index (χ0n) is 17.8. The van der Waals surface area contributed by atoms with Crippen LogP contribution in [0.25, 0.3) is 0 Å². The molecule has 2 aromatic carbocycles. The second-order valence-electron chi connectivity index (χ2n) is 7.63. The van der Waals surface area contributed by atoms with Gasteiger partial charge in [-0.15, -0.1) is 0 Å². The molecule has 1 atom stereocenters. The lowest BCUT2D eigenvalue weighted by Crippen LogP contribution is -2.45. The van der Waals surface area contributed by atoms with Crippen LogP contribution in [0.3, 0.4) is 0 Å². The number of rotatable bonds is 9. The van der Waals surface area contributed by atoms with Gasteiger partial charge in [0.2, 0.25) is 0 Å². The van der Waals surface area contributed by atoms with E-state index in [2.05, 4.69) is 17.4 Å². The number of esters is 1. The first kappa shape index (κ1) is 24.2. The highest BCUT2D eigenvalue weighted by Crippen LogP contribution is 2.33. The van der Waals surface area contributed by atoms with Gasteiger partial charge in [0.1, 0.15) is 11.6 Å². The van der Waals surface area contributed by atoms with Crippen LogP contribution in [0.2, 0.25) is 0 Å². The van der Waals surface area contributed by atoms with Crippen LogP contribution in [0.4, 0.5) is 4.79 Å². The van der Waals surface area contributed by atoms with E-state index in [-0.39, 0.29) is 6.61 Å². The maximum absolute atomic E-state index is 12.3. The third kappa shape index (κ3) is 9.13. The predicted molar refractivity (Wildman–Crippen MR) is 124 cm³/mol. The predicted octanol–water partition coefficient (Wildman–Crippen LogP) is 5.63. The number of ether oxygens (including phenoxy) is 2. The molecule has 5 nitrogen and oxygen atoms in total. The van der Waals surface area contributed by atoms with Crippen LogP contribution in [0.1, 0.15) is 38.8 Å². The van der Waals surface area contributed by atoms with E-state index in [1.807, 2.05) is 42.5 Å². The molecule has 7 heteroatoms. The third-order valence-corrected chi connectivity index (χ3v) is 6.17. The van der Waals surface area contributed by atoms with Crippen LogP contribution in [0, 0.1) is 0 Å². The van der Waals surface area contributed by atoms with Crippen molar-refractivity contribution in [3.63, 3.8) is 0 Å². The molecule has 0 aliphatic rings. The minimum atomic E-state index is -0.800. The van der Waals surface area contributed by atoms with Crippen molar-refractivity contribution in [2.24, 2.45) is 0 Å². The molecule has 30 heavy (non-hydrogen) atoms. The number of hydrogen-bond donors (Lipinski definition) is 1. The van der Waals surface area contributed by atoms with Crippen molar-refractivity contribution in [3.8, 4) is 0 Å². The molecule has 0 aliphatic heterocycles. The molecular weight excluding hydrogens is 418 g/mol. The number of amides is 1. The Morgan fingerprint density at radius 1 is 1.00 bits per heavy atom. The van der Waals surface area contributed by atoms with Crippen LogP contribution in [-0.4, -0.2) is 30.3 Å². The van der Waals surface area contributed by atoms with E-state index in [0.717, 1.165) is 16.2 Å². The largest absolute Gasteiger partial charge is 0.464 e. The highest BCUT2D eigenvalue weighted by atomic mass is 33.1. The minimum Gasteiger partial charge on any atom is -0.464 e. The normalized spacial score (nSPS) is 12.1. The number of nitrogens with one attached hydrogen (secondary N) is 1. The summed E-state index contributed by atoms with van der Waals surface area (Å²) in [7, 11) is 3.48. The highest BCUT2D eigenvalue weighted by Gasteiger charge is 2.25. The SMILES string of the molecule is CCOC(=O)[C@H](Cc1ccc(SSCc2ccccc2)cc1)NC(=O)OC(C)(C)C. The Morgan fingerprint density at radius 3 is 2.27 bits per heavy atom. The summed E-state index contributed by atoms with van der Waals surface area (Å²) in [5.41, 5.74) is 1.58. The van der Waals surface area contributed by atoms with Crippen molar-refractivity contribution < 1.29 is 19.1 Å². The summed E-state index contributed by atoms with van der Waals surface area (Å²) < 4.78 is 10.4. The lowest BCUT2D eigenvalue weighted by atomic mass is 10.1. The lowest BCUT2D eigenvalue weighted by Gasteiger charge is -2.23. The molecule has 0 aromatic heterocycles. The summed E-state index contributed by atoms with van der Waals surface area (Å²) in [4.78, 5) is 25.5. The Balaban J connectivity index is 1.92. The van der Waals surface area contributed by atoms with Crippen LogP contribution in [-0.2, 0) is 26.4 Å². The lowest BCUT2D eigenvalue weighted by molar-refractivity contribution is -0.145. The Morgan fingerprint density at radius 2 is 1.67 bits per heavy atom. The minimum absolute atomic E-state index is 0.250. The molecule has 2 aromatic rings. The van der Waals surface area contributed by atoms with E-state index in [4.69, 9.17) is 9.47 Å². The number of hydrogen-bond acceptors (Lipinski definition) is 6. The third-order valence-electron chi connectivity index (χ3n) is 3.85. The molecule has 0 saturated carbocycles. The Hall–Kier alpha value is -2.12. The van der Waals surface area contributed by atoms with Gasteiger partial charge in [0.05, 0.1) is 6.61 Å². The van der Waals surface area contributed by atoms with Crippen molar-refractivity contribution in [1.82, 2.24) is 5.32 Å². The van der Waals surface area contributed by atoms with Crippen molar-refractivity contribution in [3.05, 3.63) is 65.7 Å². The van der Waals surface area contributed by atoms with Gasteiger partial charge in [-0.2, -0.15) is 0 Å². The highest BCUT2D eigenvalue weighted by molar-refractivity contribution is 8.76.